The fourth-order valence-electron chi connectivity index (χ4n) is 1.82. The Morgan fingerprint density at radius 2 is 2.24 bits per heavy atom. The maximum absolute atomic E-state index is 12.0. The number of carbonyl (C=O) groups excluding carboxylic acids is 1. The number of nitrogens with zero attached hydrogens (tertiary/aromatic N) is 2. The summed E-state index contributed by atoms with van der Waals surface area (Å²) in [5, 5.41) is 15.6. The lowest BCUT2D eigenvalue weighted by atomic mass is 10.1. The summed E-state index contributed by atoms with van der Waals surface area (Å²) < 4.78 is 1.58. The summed E-state index contributed by atoms with van der Waals surface area (Å²) in [4.78, 5) is 12.0. The number of aliphatic hydroxyl groups excluding tert-OH is 1. The zero-order chi connectivity index (χ0) is 15.2. The van der Waals surface area contributed by atoms with Gasteiger partial charge in [-0.3, -0.25) is 9.48 Å². The molecule has 2 rings (SSSR count). The van der Waals surface area contributed by atoms with Gasteiger partial charge in [-0.1, -0.05) is 11.8 Å². The third-order valence-corrected chi connectivity index (χ3v) is 2.89. The van der Waals surface area contributed by atoms with Gasteiger partial charge in [-0.05, 0) is 36.8 Å². The summed E-state index contributed by atoms with van der Waals surface area (Å²) in [5.74, 6) is 5.59. The number of amides is 1. The normalized spacial score (nSPS) is 9.86. The molecule has 0 spiro atoms. The summed E-state index contributed by atoms with van der Waals surface area (Å²) in [6, 6.07) is 7.22. The van der Waals surface area contributed by atoms with Gasteiger partial charge in [0.2, 0.25) is 0 Å². The number of carbonyl (C=O) groups is 1. The van der Waals surface area contributed by atoms with Gasteiger partial charge in [-0.15, -0.1) is 0 Å². The SMILES string of the molecule is Cc1cc(C#CCCO)ccc1NC(=O)c1ccn(C)n1. The zero-order valence-corrected chi connectivity index (χ0v) is 12.1. The molecule has 108 valence electrons. The van der Waals surface area contributed by atoms with E-state index in [4.69, 9.17) is 5.11 Å². The summed E-state index contributed by atoms with van der Waals surface area (Å²) in [6.07, 6.45) is 2.18. The quantitative estimate of drug-likeness (QED) is 0.843. The summed E-state index contributed by atoms with van der Waals surface area (Å²) in [7, 11) is 1.77. The summed E-state index contributed by atoms with van der Waals surface area (Å²) in [6.45, 7) is 1.97. The largest absolute Gasteiger partial charge is 0.395 e. The van der Waals surface area contributed by atoms with Gasteiger partial charge in [0, 0.05) is 30.9 Å². The monoisotopic (exact) mass is 283 g/mol. The molecule has 0 saturated heterocycles. The van der Waals surface area contributed by atoms with Crippen LogP contribution in [0.25, 0.3) is 0 Å². The molecule has 0 aliphatic heterocycles. The van der Waals surface area contributed by atoms with Gasteiger partial charge < -0.3 is 10.4 Å². The number of hydrogen-bond donors (Lipinski definition) is 2. The first-order chi connectivity index (χ1) is 10.1. The Morgan fingerprint density at radius 1 is 1.43 bits per heavy atom. The number of rotatable bonds is 3. The van der Waals surface area contributed by atoms with Crippen LogP contribution < -0.4 is 5.32 Å². The number of nitrogens with one attached hydrogen (secondary N) is 1. The number of aliphatic hydroxyl groups is 1. The predicted octanol–water partition coefficient (Wildman–Crippen LogP) is 1.71. The Balaban J connectivity index is 2.11. The van der Waals surface area contributed by atoms with Crippen molar-refractivity contribution in [1.29, 1.82) is 0 Å². The van der Waals surface area contributed by atoms with E-state index in [1.165, 1.54) is 0 Å². The third-order valence-electron chi connectivity index (χ3n) is 2.89. The van der Waals surface area contributed by atoms with E-state index >= 15 is 0 Å². The molecule has 5 heteroatoms. The second kappa shape index (κ2) is 6.73. The van der Waals surface area contributed by atoms with Crippen molar-refractivity contribution in [2.45, 2.75) is 13.3 Å². The highest BCUT2D eigenvalue weighted by Crippen LogP contribution is 2.17. The van der Waals surface area contributed by atoms with E-state index in [0.717, 1.165) is 16.8 Å². The highest BCUT2D eigenvalue weighted by Gasteiger charge is 2.10. The minimum atomic E-state index is -0.238. The highest BCUT2D eigenvalue weighted by atomic mass is 16.2. The molecule has 0 radical (unpaired) electrons. The Kier molecular flexibility index (Phi) is 4.75. The lowest BCUT2D eigenvalue weighted by Crippen LogP contribution is -2.13. The molecule has 21 heavy (non-hydrogen) atoms. The smallest absolute Gasteiger partial charge is 0.276 e. The molecule has 0 bridgehead atoms. The molecule has 1 aromatic heterocycles. The van der Waals surface area contributed by atoms with E-state index in [0.29, 0.717) is 12.1 Å². The average Bonchev–Trinajstić information content (AvgIpc) is 2.89. The Morgan fingerprint density at radius 3 is 2.86 bits per heavy atom. The Bertz CT molecular complexity index is 708. The van der Waals surface area contributed by atoms with Crippen molar-refractivity contribution in [3.8, 4) is 11.8 Å². The molecule has 1 heterocycles. The lowest BCUT2D eigenvalue weighted by molar-refractivity contribution is 0.102. The van der Waals surface area contributed by atoms with Crippen molar-refractivity contribution in [2.75, 3.05) is 11.9 Å². The molecule has 2 N–H and O–H groups in total. The van der Waals surface area contributed by atoms with Gasteiger partial charge in [-0.2, -0.15) is 5.10 Å². The fraction of sp³-hybridized carbons (Fsp3) is 0.250. The van der Waals surface area contributed by atoms with Gasteiger partial charge in [0.15, 0.2) is 5.69 Å². The third kappa shape index (κ3) is 3.94. The number of benzene rings is 1. The molecule has 5 nitrogen and oxygen atoms in total. The zero-order valence-electron chi connectivity index (χ0n) is 12.1. The van der Waals surface area contributed by atoms with Crippen LogP contribution in [0.3, 0.4) is 0 Å². The average molecular weight is 283 g/mol. The van der Waals surface area contributed by atoms with Crippen LogP contribution in [0.2, 0.25) is 0 Å². The molecule has 1 aromatic carbocycles. The van der Waals surface area contributed by atoms with E-state index in [-0.39, 0.29) is 12.5 Å². The van der Waals surface area contributed by atoms with Crippen molar-refractivity contribution in [3.63, 3.8) is 0 Å². The number of aromatic nitrogens is 2. The topological polar surface area (TPSA) is 67.2 Å². The summed E-state index contributed by atoms with van der Waals surface area (Å²) >= 11 is 0. The van der Waals surface area contributed by atoms with E-state index in [1.807, 2.05) is 25.1 Å². The summed E-state index contributed by atoms with van der Waals surface area (Å²) in [5.41, 5.74) is 2.90. The van der Waals surface area contributed by atoms with Gasteiger partial charge in [0.1, 0.15) is 0 Å². The van der Waals surface area contributed by atoms with Gasteiger partial charge >= 0.3 is 0 Å². The minimum absolute atomic E-state index is 0.0597. The van der Waals surface area contributed by atoms with Gasteiger partial charge in [0.05, 0.1) is 6.61 Å². The van der Waals surface area contributed by atoms with Crippen LogP contribution in [-0.2, 0) is 7.05 Å². The standard InChI is InChI=1S/C16H17N3O2/c1-12-11-13(5-3-4-10-20)6-7-14(12)17-16(21)15-8-9-19(2)18-15/h6-9,11,20H,4,10H2,1-2H3,(H,17,21). The van der Waals surface area contributed by atoms with Crippen LogP contribution in [0.1, 0.15) is 28.0 Å². The number of anilines is 1. The molecule has 0 unspecified atom stereocenters. The van der Waals surface area contributed by atoms with Crippen LogP contribution in [-0.4, -0.2) is 27.4 Å². The van der Waals surface area contributed by atoms with E-state index in [9.17, 15) is 4.79 Å². The molecule has 0 atom stereocenters. The minimum Gasteiger partial charge on any atom is -0.395 e. The van der Waals surface area contributed by atoms with Crippen molar-refractivity contribution in [1.82, 2.24) is 9.78 Å². The molecule has 1 amide bonds. The van der Waals surface area contributed by atoms with Crippen molar-refractivity contribution in [3.05, 3.63) is 47.3 Å². The Hall–Kier alpha value is -2.58. The Labute approximate surface area is 123 Å². The molecule has 0 aliphatic carbocycles. The van der Waals surface area contributed by atoms with Crippen LogP contribution in [0, 0.1) is 18.8 Å². The van der Waals surface area contributed by atoms with Crippen LogP contribution in [0.15, 0.2) is 30.5 Å². The maximum Gasteiger partial charge on any atom is 0.276 e. The first-order valence-electron chi connectivity index (χ1n) is 6.61. The molecule has 2 aromatic rings. The van der Waals surface area contributed by atoms with E-state index < -0.39 is 0 Å². The fourth-order valence-corrected chi connectivity index (χ4v) is 1.82. The van der Waals surface area contributed by atoms with Crippen LogP contribution in [0.5, 0.6) is 0 Å². The highest BCUT2D eigenvalue weighted by molar-refractivity contribution is 6.03. The van der Waals surface area contributed by atoms with Crippen molar-refractivity contribution >= 4 is 11.6 Å². The number of hydrogen-bond acceptors (Lipinski definition) is 3. The van der Waals surface area contributed by atoms with Crippen LogP contribution >= 0.6 is 0 Å². The van der Waals surface area contributed by atoms with Crippen molar-refractivity contribution < 1.29 is 9.90 Å². The maximum atomic E-state index is 12.0. The second-order valence-corrected chi connectivity index (χ2v) is 4.63. The molecule has 0 saturated carbocycles. The van der Waals surface area contributed by atoms with Gasteiger partial charge in [-0.25, -0.2) is 0 Å². The molecule has 0 aliphatic rings. The number of aryl methyl sites for hydroxylation is 2. The van der Waals surface area contributed by atoms with E-state index in [2.05, 4.69) is 22.3 Å². The van der Waals surface area contributed by atoms with Crippen LogP contribution in [0.4, 0.5) is 5.69 Å². The first kappa shape index (κ1) is 14.8. The molecular formula is C16H17N3O2. The predicted molar refractivity (Wildman–Crippen MR) is 80.9 cm³/mol. The second-order valence-electron chi connectivity index (χ2n) is 4.63. The molecule has 0 fully saturated rings. The molecular weight excluding hydrogens is 266 g/mol. The lowest BCUT2D eigenvalue weighted by Gasteiger charge is -2.07. The van der Waals surface area contributed by atoms with Gasteiger partial charge in [0.25, 0.3) is 5.91 Å². The van der Waals surface area contributed by atoms with E-state index in [1.54, 1.807) is 24.0 Å². The van der Waals surface area contributed by atoms with Crippen molar-refractivity contribution in [2.24, 2.45) is 7.05 Å². The first-order valence-corrected chi connectivity index (χ1v) is 6.61.